The van der Waals surface area contributed by atoms with Crippen LogP contribution in [0.4, 0.5) is 5.69 Å². The molecule has 6 nitrogen and oxygen atoms in total. The van der Waals surface area contributed by atoms with E-state index in [1.165, 1.54) is 0 Å². The number of nitrogens with zero attached hydrogens (tertiary/aromatic N) is 2. The minimum atomic E-state index is -0.192. The van der Waals surface area contributed by atoms with E-state index in [0.717, 1.165) is 11.3 Å². The summed E-state index contributed by atoms with van der Waals surface area (Å²) in [5.74, 6) is 0.993. The molecule has 0 radical (unpaired) electrons. The van der Waals surface area contributed by atoms with Crippen molar-refractivity contribution in [3.63, 3.8) is 0 Å². The highest BCUT2D eigenvalue weighted by atomic mass is 16.5. The first-order chi connectivity index (χ1) is 9.24. The number of ether oxygens (including phenoxy) is 1. The van der Waals surface area contributed by atoms with Crippen LogP contribution in [-0.4, -0.2) is 35.5 Å². The number of aliphatic hydroxyl groups is 1. The predicted molar refractivity (Wildman–Crippen MR) is 70.7 cm³/mol. The zero-order chi connectivity index (χ0) is 13.7. The Bertz CT molecular complexity index is 510. The minimum Gasteiger partial charge on any atom is -0.395 e. The van der Waals surface area contributed by atoms with Crippen LogP contribution < -0.4 is 5.32 Å². The van der Waals surface area contributed by atoms with Crippen LogP contribution in [0.1, 0.15) is 18.9 Å². The lowest BCUT2D eigenvalue weighted by molar-refractivity contribution is 0.109. The molecule has 0 spiro atoms. The van der Waals surface area contributed by atoms with E-state index in [-0.39, 0.29) is 12.7 Å². The Labute approximate surface area is 111 Å². The standard InChI is InChI=1S/C13H17N3O3/c1-9(18-2)12-15-13(19-16-12)10-3-5-11(6-4-10)14-7-8-17/h3-6,9,14,17H,7-8H2,1-2H3. The smallest absolute Gasteiger partial charge is 0.258 e. The molecule has 2 aromatic rings. The van der Waals surface area contributed by atoms with Gasteiger partial charge in [-0.05, 0) is 31.2 Å². The third kappa shape index (κ3) is 3.30. The lowest BCUT2D eigenvalue weighted by Gasteiger charge is -2.04. The van der Waals surface area contributed by atoms with Crippen molar-refractivity contribution in [2.24, 2.45) is 0 Å². The largest absolute Gasteiger partial charge is 0.395 e. The number of hydrogen-bond acceptors (Lipinski definition) is 6. The van der Waals surface area contributed by atoms with E-state index in [0.29, 0.717) is 18.3 Å². The van der Waals surface area contributed by atoms with E-state index in [9.17, 15) is 0 Å². The lowest BCUT2D eigenvalue weighted by Crippen LogP contribution is -2.04. The second-order valence-corrected chi connectivity index (χ2v) is 4.06. The zero-order valence-corrected chi connectivity index (χ0v) is 11.0. The molecule has 0 amide bonds. The molecule has 0 aliphatic heterocycles. The summed E-state index contributed by atoms with van der Waals surface area (Å²) in [6, 6.07) is 7.56. The Morgan fingerprint density at radius 3 is 2.74 bits per heavy atom. The molecule has 6 heteroatoms. The molecule has 1 heterocycles. The van der Waals surface area contributed by atoms with E-state index in [4.69, 9.17) is 14.4 Å². The fourth-order valence-corrected chi connectivity index (χ4v) is 1.55. The Kier molecular flexibility index (Phi) is 4.48. The number of aliphatic hydroxyl groups excluding tert-OH is 1. The Morgan fingerprint density at radius 2 is 2.11 bits per heavy atom. The molecule has 2 N–H and O–H groups in total. The summed E-state index contributed by atoms with van der Waals surface area (Å²) in [5.41, 5.74) is 1.78. The van der Waals surface area contributed by atoms with Crippen molar-refractivity contribution in [3.05, 3.63) is 30.1 Å². The van der Waals surface area contributed by atoms with E-state index >= 15 is 0 Å². The van der Waals surface area contributed by atoms with Crippen LogP contribution in [0.2, 0.25) is 0 Å². The summed E-state index contributed by atoms with van der Waals surface area (Å²) >= 11 is 0. The number of anilines is 1. The van der Waals surface area contributed by atoms with Crippen molar-refractivity contribution in [1.29, 1.82) is 0 Å². The Hall–Kier alpha value is -1.92. The summed E-state index contributed by atoms with van der Waals surface area (Å²) in [7, 11) is 1.60. The van der Waals surface area contributed by atoms with Gasteiger partial charge >= 0.3 is 0 Å². The second-order valence-electron chi connectivity index (χ2n) is 4.06. The molecule has 1 aromatic heterocycles. The number of methoxy groups -OCH3 is 1. The highest BCUT2D eigenvalue weighted by Gasteiger charge is 2.13. The molecule has 2 rings (SSSR count). The summed E-state index contributed by atoms with van der Waals surface area (Å²) in [5, 5.41) is 15.7. The van der Waals surface area contributed by atoms with Gasteiger partial charge in [0, 0.05) is 24.9 Å². The third-order valence-corrected chi connectivity index (χ3v) is 2.73. The number of nitrogens with one attached hydrogen (secondary N) is 1. The SMILES string of the molecule is COC(C)c1noc(-c2ccc(NCCO)cc2)n1. The maximum Gasteiger partial charge on any atom is 0.258 e. The number of hydrogen-bond donors (Lipinski definition) is 2. The van der Waals surface area contributed by atoms with Crippen molar-refractivity contribution >= 4 is 5.69 Å². The van der Waals surface area contributed by atoms with Crippen molar-refractivity contribution in [2.75, 3.05) is 25.6 Å². The van der Waals surface area contributed by atoms with Crippen molar-refractivity contribution in [3.8, 4) is 11.5 Å². The van der Waals surface area contributed by atoms with Crippen LogP contribution in [0.25, 0.3) is 11.5 Å². The van der Waals surface area contributed by atoms with Gasteiger partial charge in [-0.1, -0.05) is 5.16 Å². The molecule has 102 valence electrons. The first-order valence-electron chi connectivity index (χ1n) is 6.06. The molecule has 0 bridgehead atoms. The van der Waals surface area contributed by atoms with Gasteiger partial charge in [-0.15, -0.1) is 0 Å². The highest BCUT2D eigenvalue weighted by Crippen LogP contribution is 2.21. The summed E-state index contributed by atoms with van der Waals surface area (Å²) in [6.07, 6.45) is -0.192. The van der Waals surface area contributed by atoms with Crippen molar-refractivity contribution in [2.45, 2.75) is 13.0 Å². The van der Waals surface area contributed by atoms with E-state index in [2.05, 4.69) is 15.5 Å². The average Bonchev–Trinajstić information content (AvgIpc) is 2.94. The third-order valence-electron chi connectivity index (χ3n) is 2.73. The fraction of sp³-hybridized carbons (Fsp3) is 0.385. The van der Waals surface area contributed by atoms with Crippen LogP contribution in [-0.2, 0) is 4.74 Å². The monoisotopic (exact) mass is 263 g/mol. The van der Waals surface area contributed by atoms with Gasteiger partial charge in [-0.3, -0.25) is 0 Å². The molecule has 1 atom stereocenters. The van der Waals surface area contributed by atoms with Crippen molar-refractivity contribution < 1.29 is 14.4 Å². The summed E-state index contributed by atoms with van der Waals surface area (Å²) < 4.78 is 10.3. The van der Waals surface area contributed by atoms with Crippen molar-refractivity contribution in [1.82, 2.24) is 10.1 Å². The quantitative estimate of drug-likeness (QED) is 0.827. The number of rotatable bonds is 6. The fourth-order valence-electron chi connectivity index (χ4n) is 1.55. The zero-order valence-electron chi connectivity index (χ0n) is 11.0. The van der Waals surface area contributed by atoms with Gasteiger partial charge in [0.1, 0.15) is 6.10 Å². The van der Waals surface area contributed by atoms with E-state index in [1.54, 1.807) is 7.11 Å². The molecular weight excluding hydrogens is 246 g/mol. The van der Waals surface area contributed by atoms with Gasteiger partial charge in [-0.25, -0.2) is 0 Å². The van der Waals surface area contributed by atoms with Gasteiger partial charge in [-0.2, -0.15) is 4.98 Å². The topological polar surface area (TPSA) is 80.4 Å². The minimum absolute atomic E-state index is 0.101. The molecule has 0 aliphatic rings. The molecule has 1 aromatic carbocycles. The maximum atomic E-state index is 8.73. The highest BCUT2D eigenvalue weighted by molar-refractivity contribution is 5.58. The first kappa shape index (κ1) is 13.5. The molecule has 0 saturated carbocycles. The summed E-state index contributed by atoms with van der Waals surface area (Å²) in [4.78, 5) is 4.28. The van der Waals surface area contributed by atoms with Crippen LogP contribution in [0.15, 0.2) is 28.8 Å². The van der Waals surface area contributed by atoms with E-state index in [1.807, 2.05) is 31.2 Å². The molecule has 1 unspecified atom stereocenters. The molecule has 0 fully saturated rings. The molecule has 0 aliphatic carbocycles. The van der Waals surface area contributed by atoms with E-state index < -0.39 is 0 Å². The number of benzene rings is 1. The average molecular weight is 263 g/mol. The van der Waals surface area contributed by atoms with Crippen LogP contribution in [0.3, 0.4) is 0 Å². The molecule has 0 saturated heterocycles. The van der Waals surface area contributed by atoms with Gasteiger partial charge in [0.25, 0.3) is 5.89 Å². The van der Waals surface area contributed by atoms with Crippen LogP contribution in [0.5, 0.6) is 0 Å². The molecule has 19 heavy (non-hydrogen) atoms. The summed E-state index contributed by atoms with van der Waals surface area (Å²) in [6.45, 7) is 2.48. The second kappa shape index (κ2) is 6.31. The van der Waals surface area contributed by atoms with Crippen LogP contribution >= 0.6 is 0 Å². The normalized spacial score (nSPS) is 12.4. The maximum absolute atomic E-state index is 8.73. The molecular formula is C13H17N3O3. The first-order valence-corrected chi connectivity index (χ1v) is 6.06. The van der Waals surface area contributed by atoms with Gasteiger partial charge < -0.3 is 19.7 Å². The Morgan fingerprint density at radius 1 is 1.37 bits per heavy atom. The predicted octanol–water partition coefficient (Wildman–Crippen LogP) is 1.85. The van der Waals surface area contributed by atoms with Gasteiger partial charge in [0.05, 0.1) is 6.61 Å². The Balaban J connectivity index is 2.11. The lowest BCUT2D eigenvalue weighted by atomic mass is 10.2. The number of aromatic nitrogens is 2. The van der Waals surface area contributed by atoms with Gasteiger partial charge in [0.2, 0.25) is 5.82 Å². The van der Waals surface area contributed by atoms with Crippen LogP contribution in [0, 0.1) is 0 Å². The van der Waals surface area contributed by atoms with Gasteiger partial charge in [0.15, 0.2) is 0 Å².